The van der Waals surface area contributed by atoms with E-state index < -0.39 is 0 Å². The third-order valence-corrected chi connectivity index (χ3v) is 5.71. The summed E-state index contributed by atoms with van der Waals surface area (Å²) in [7, 11) is 9.73. The second-order valence-corrected chi connectivity index (χ2v) is 8.16. The van der Waals surface area contributed by atoms with Crippen molar-refractivity contribution in [3.63, 3.8) is 0 Å². The lowest BCUT2D eigenvalue weighted by Crippen LogP contribution is -2.21. The maximum absolute atomic E-state index is 5.46. The molecule has 1 aliphatic heterocycles. The van der Waals surface area contributed by atoms with Gasteiger partial charge in [-0.1, -0.05) is 0 Å². The van der Waals surface area contributed by atoms with Crippen LogP contribution in [0.1, 0.15) is 5.56 Å². The highest BCUT2D eigenvalue weighted by Crippen LogP contribution is 2.34. The van der Waals surface area contributed by atoms with E-state index in [1.165, 1.54) is 0 Å². The average Bonchev–Trinajstić information content (AvgIpc) is 2.48. The Kier molecular flexibility index (Phi) is 5.38. The summed E-state index contributed by atoms with van der Waals surface area (Å²) < 4.78 is 8.65. The van der Waals surface area contributed by atoms with Gasteiger partial charge in [-0.3, -0.25) is 0 Å². The molecule has 0 fully saturated rings. The Morgan fingerprint density at radius 1 is 1.14 bits per heavy atom. The first-order chi connectivity index (χ1) is 10.4. The molecule has 0 saturated carbocycles. The standard InChI is InChI=1S/C15H22IN5O/c1-11-9-13(19(2)3)14(22-6)10-12(11)17-18-15-16-21(5)8-7-20(15)4/h7-10H,1-6H3. The summed E-state index contributed by atoms with van der Waals surface area (Å²) in [5.74, 6) is 0.804. The van der Waals surface area contributed by atoms with Crippen molar-refractivity contribution < 1.29 is 4.74 Å². The second-order valence-electron chi connectivity index (χ2n) is 5.19. The number of hydrogen-bond donors (Lipinski definition) is 0. The fraction of sp³-hybridized carbons (Fsp3) is 0.400. The average molecular weight is 415 g/mol. The molecule has 0 N–H and O–H groups in total. The molecule has 120 valence electrons. The number of ether oxygens (including phenoxy) is 1. The van der Waals surface area contributed by atoms with Crippen molar-refractivity contribution in [2.24, 2.45) is 10.2 Å². The van der Waals surface area contributed by atoms with Gasteiger partial charge in [0, 0.05) is 46.7 Å². The van der Waals surface area contributed by atoms with Gasteiger partial charge >= 0.3 is 0 Å². The molecule has 6 nitrogen and oxygen atoms in total. The number of hydrogen-bond acceptors (Lipinski definition) is 6. The Morgan fingerprint density at radius 2 is 1.86 bits per heavy atom. The van der Waals surface area contributed by atoms with Crippen LogP contribution in [-0.2, 0) is 0 Å². The Morgan fingerprint density at radius 3 is 2.50 bits per heavy atom. The highest BCUT2D eigenvalue weighted by molar-refractivity contribution is 14.2. The van der Waals surface area contributed by atoms with E-state index in [1.54, 1.807) is 7.11 Å². The molecule has 22 heavy (non-hydrogen) atoms. The Hall–Kier alpha value is -1.64. The molecule has 1 aliphatic rings. The molecule has 0 spiro atoms. The maximum atomic E-state index is 5.46. The molecule has 0 saturated heterocycles. The molecular weight excluding hydrogens is 393 g/mol. The van der Waals surface area contributed by atoms with Crippen LogP contribution in [0.2, 0.25) is 0 Å². The van der Waals surface area contributed by atoms with Gasteiger partial charge in [0.1, 0.15) is 5.75 Å². The molecule has 0 bridgehead atoms. The lowest BCUT2D eigenvalue weighted by Gasteiger charge is -2.21. The molecule has 0 aromatic heterocycles. The molecule has 0 radical (unpaired) electrons. The first-order valence-electron chi connectivity index (χ1n) is 6.86. The maximum Gasteiger partial charge on any atom is 0.203 e. The fourth-order valence-corrected chi connectivity index (χ4v) is 3.62. The number of azo groups is 1. The minimum Gasteiger partial charge on any atom is -0.495 e. The monoisotopic (exact) mass is 415 g/mol. The van der Waals surface area contributed by atoms with Crippen LogP contribution in [0.3, 0.4) is 0 Å². The molecule has 2 rings (SSSR count). The zero-order chi connectivity index (χ0) is 16.3. The van der Waals surface area contributed by atoms with E-state index >= 15 is 0 Å². The summed E-state index contributed by atoms with van der Waals surface area (Å²) in [5, 5.41) is 8.89. The minimum absolute atomic E-state index is 0.302. The summed E-state index contributed by atoms with van der Waals surface area (Å²) >= 11 is -0.302. The zero-order valence-corrected chi connectivity index (χ0v) is 16.0. The minimum atomic E-state index is -0.302. The van der Waals surface area contributed by atoms with Gasteiger partial charge in [0.15, 0.2) is 0 Å². The van der Waals surface area contributed by atoms with Crippen LogP contribution in [0.4, 0.5) is 11.4 Å². The highest BCUT2D eigenvalue weighted by Gasteiger charge is 2.11. The summed E-state index contributed by atoms with van der Waals surface area (Å²) in [6.07, 6.45) is 4.06. The molecule has 7 heteroatoms. The van der Waals surface area contributed by atoms with Crippen LogP contribution < -0.4 is 9.64 Å². The van der Waals surface area contributed by atoms with Crippen LogP contribution in [0.15, 0.2) is 34.8 Å². The van der Waals surface area contributed by atoms with Gasteiger partial charge in [0.05, 0.1) is 39.5 Å². The number of methoxy groups -OCH3 is 1. The van der Waals surface area contributed by atoms with Crippen LogP contribution in [0, 0.1) is 6.92 Å². The van der Waals surface area contributed by atoms with E-state index in [9.17, 15) is 0 Å². The molecule has 0 unspecified atom stereocenters. The Labute approximate surface area is 142 Å². The van der Waals surface area contributed by atoms with Crippen molar-refractivity contribution in [2.45, 2.75) is 6.92 Å². The predicted molar refractivity (Wildman–Crippen MR) is 100 cm³/mol. The first-order valence-corrected chi connectivity index (χ1v) is 8.90. The summed E-state index contributed by atoms with van der Waals surface area (Å²) in [4.78, 5) is 4.05. The zero-order valence-electron chi connectivity index (χ0n) is 13.8. The van der Waals surface area contributed by atoms with Crippen LogP contribution >= 0.6 is 21.0 Å². The van der Waals surface area contributed by atoms with Crippen molar-refractivity contribution in [3.8, 4) is 5.75 Å². The van der Waals surface area contributed by atoms with Gasteiger partial charge in [-0.15, -0.1) is 10.2 Å². The number of benzene rings is 1. The van der Waals surface area contributed by atoms with Crippen LogP contribution in [-0.4, -0.2) is 47.1 Å². The number of halogens is 1. The SMILES string of the molecule is COc1cc(N=NC2=IN(C)C=CN2C)c(C)cc1N(C)C. The summed E-state index contributed by atoms with van der Waals surface area (Å²) in [6.45, 7) is 2.04. The fourth-order valence-electron chi connectivity index (χ4n) is 1.93. The van der Waals surface area contributed by atoms with E-state index in [-0.39, 0.29) is 21.0 Å². The van der Waals surface area contributed by atoms with Gasteiger partial charge in [0.25, 0.3) is 0 Å². The third-order valence-electron chi connectivity index (χ3n) is 3.22. The number of aryl methyl sites for hydroxylation is 1. The van der Waals surface area contributed by atoms with Crippen molar-refractivity contribution in [3.05, 3.63) is 30.1 Å². The van der Waals surface area contributed by atoms with Gasteiger partial charge in [-0.2, -0.15) is 0 Å². The molecule has 0 amide bonds. The number of anilines is 1. The molecule has 1 aromatic carbocycles. The summed E-state index contributed by atoms with van der Waals surface area (Å²) in [5.41, 5.74) is 2.95. The topological polar surface area (TPSA) is 43.7 Å². The van der Waals surface area contributed by atoms with Gasteiger partial charge in [-0.25, -0.2) is 0 Å². The van der Waals surface area contributed by atoms with E-state index in [2.05, 4.69) is 32.7 Å². The molecule has 1 aromatic rings. The van der Waals surface area contributed by atoms with Crippen molar-refractivity contribution in [1.82, 2.24) is 8.01 Å². The van der Waals surface area contributed by atoms with Crippen molar-refractivity contribution in [2.75, 3.05) is 40.2 Å². The summed E-state index contributed by atoms with van der Waals surface area (Å²) in [6, 6.07) is 4.01. The van der Waals surface area contributed by atoms with Gasteiger partial charge < -0.3 is 17.6 Å². The molecular formula is C15H22IN5O. The van der Waals surface area contributed by atoms with Crippen LogP contribution in [0.25, 0.3) is 0 Å². The van der Waals surface area contributed by atoms with E-state index in [0.29, 0.717) is 0 Å². The van der Waals surface area contributed by atoms with E-state index in [0.717, 1.165) is 26.4 Å². The van der Waals surface area contributed by atoms with Crippen LogP contribution in [0.5, 0.6) is 5.75 Å². The molecule has 1 heterocycles. The third kappa shape index (κ3) is 3.76. The smallest absolute Gasteiger partial charge is 0.203 e. The van der Waals surface area contributed by atoms with E-state index in [1.807, 2.05) is 50.1 Å². The first kappa shape index (κ1) is 16.7. The van der Waals surface area contributed by atoms with Gasteiger partial charge in [-0.05, 0) is 18.6 Å². The van der Waals surface area contributed by atoms with E-state index in [4.69, 9.17) is 4.74 Å². The van der Waals surface area contributed by atoms with Crippen molar-refractivity contribution >= 4 is 36.1 Å². The number of nitrogens with zero attached hydrogens (tertiary/aromatic N) is 5. The largest absolute Gasteiger partial charge is 0.495 e. The Balaban J connectivity index is 2.32. The number of rotatable bonds is 4. The highest BCUT2D eigenvalue weighted by atomic mass is 127. The molecule has 0 atom stereocenters. The predicted octanol–water partition coefficient (Wildman–Crippen LogP) is 3.47. The lowest BCUT2D eigenvalue weighted by atomic mass is 10.1. The second kappa shape index (κ2) is 7.08. The normalized spacial score (nSPS) is 14.9. The molecule has 0 aliphatic carbocycles. The van der Waals surface area contributed by atoms with Crippen molar-refractivity contribution in [1.29, 1.82) is 0 Å². The van der Waals surface area contributed by atoms with Gasteiger partial charge in [0.2, 0.25) is 3.76 Å². The Bertz CT molecular complexity index is 639. The quantitative estimate of drug-likeness (QED) is 0.429. The lowest BCUT2D eigenvalue weighted by molar-refractivity contribution is 0.415.